The van der Waals surface area contributed by atoms with Gasteiger partial charge in [0.1, 0.15) is 0 Å². The van der Waals surface area contributed by atoms with Gasteiger partial charge in [-0.15, -0.1) is 0 Å². The first kappa shape index (κ1) is 6.01. The first-order valence-corrected chi connectivity index (χ1v) is 2.93. The molecular formula is C5H12N2O. The summed E-state index contributed by atoms with van der Waals surface area (Å²) in [5.74, 6) is 0. The lowest BCUT2D eigenvalue weighted by atomic mass is 10.3. The van der Waals surface area contributed by atoms with E-state index >= 15 is 0 Å². The van der Waals surface area contributed by atoms with Crippen LogP contribution in [0.5, 0.6) is 0 Å². The van der Waals surface area contributed by atoms with E-state index < -0.39 is 0 Å². The van der Waals surface area contributed by atoms with Crippen molar-refractivity contribution in [2.45, 2.75) is 12.5 Å². The third-order valence-corrected chi connectivity index (χ3v) is 1.48. The molecule has 0 radical (unpaired) electrons. The van der Waals surface area contributed by atoms with Crippen LogP contribution in [0, 0.1) is 0 Å². The second-order valence-corrected chi connectivity index (χ2v) is 2.11. The number of nitrogens with zero attached hydrogens (tertiary/aromatic N) is 1. The monoisotopic (exact) mass is 116 g/mol. The molecule has 0 saturated carbocycles. The third-order valence-electron chi connectivity index (χ3n) is 1.48. The molecule has 1 aliphatic rings. The summed E-state index contributed by atoms with van der Waals surface area (Å²) in [6.45, 7) is 1.74. The highest BCUT2D eigenvalue weighted by Crippen LogP contribution is 2.03. The molecule has 1 heterocycles. The Labute approximate surface area is 49.3 Å². The summed E-state index contributed by atoms with van der Waals surface area (Å²) in [7, 11) is 1.87. The summed E-state index contributed by atoms with van der Waals surface area (Å²) in [6.07, 6.45) is 0.795. The molecule has 0 aromatic carbocycles. The highest BCUT2D eigenvalue weighted by atomic mass is 16.3. The van der Waals surface area contributed by atoms with Crippen LogP contribution in [0.4, 0.5) is 0 Å². The smallest absolute Gasteiger partial charge is 0.0693 e. The van der Waals surface area contributed by atoms with Crippen molar-refractivity contribution in [2.24, 2.45) is 0 Å². The zero-order valence-electron chi connectivity index (χ0n) is 5.09. The zero-order chi connectivity index (χ0) is 5.98. The first-order chi connectivity index (χ1) is 3.83. The number of aliphatic hydroxyl groups is 1. The van der Waals surface area contributed by atoms with Crippen LogP contribution in [0.25, 0.3) is 0 Å². The van der Waals surface area contributed by atoms with E-state index in [-0.39, 0.29) is 6.10 Å². The van der Waals surface area contributed by atoms with Crippen LogP contribution in [-0.2, 0) is 0 Å². The molecule has 0 spiro atoms. The molecule has 1 atom stereocenters. The number of rotatable bonds is 1. The Morgan fingerprint density at radius 1 is 1.75 bits per heavy atom. The van der Waals surface area contributed by atoms with E-state index in [2.05, 4.69) is 5.43 Å². The summed E-state index contributed by atoms with van der Waals surface area (Å²) in [5, 5.41) is 11.0. The van der Waals surface area contributed by atoms with E-state index in [1.54, 1.807) is 0 Å². The SMILES string of the molecule is CNN1CC[C@@H](O)C1. The van der Waals surface area contributed by atoms with Crippen LogP contribution in [-0.4, -0.2) is 36.4 Å². The Kier molecular flexibility index (Phi) is 1.83. The van der Waals surface area contributed by atoms with E-state index in [9.17, 15) is 0 Å². The van der Waals surface area contributed by atoms with Crippen molar-refractivity contribution in [1.29, 1.82) is 0 Å². The fourth-order valence-electron chi connectivity index (χ4n) is 0.945. The van der Waals surface area contributed by atoms with Crippen molar-refractivity contribution < 1.29 is 5.11 Å². The minimum Gasteiger partial charge on any atom is -0.392 e. The van der Waals surface area contributed by atoms with Gasteiger partial charge < -0.3 is 5.11 Å². The molecule has 1 aliphatic heterocycles. The van der Waals surface area contributed by atoms with Gasteiger partial charge in [0.25, 0.3) is 0 Å². The van der Waals surface area contributed by atoms with Gasteiger partial charge in [-0.1, -0.05) is 0 Å². The van der Waals surface area contributed by atoms with E-state index in [4.69, 9.17) is 5.11 Å². The number of hydrazine groups is 1. The molecule has 0 aliphatic carbocycles. The van der Waals surface area contributed by atoms with Crippen LogP contribution in [0.3, 0.4) is 0 Å². The summed E-state index contributed by atoms with van der Waals surface area (Å²) in [5.41, 5.74) is 2.97. The number of hydrogen-bond donors (Lipinski definition) is 2. The zero-order valence-corrected chi connectivity index (χ0v) is 5.09. The molecule has 0 aromatic rings. The van der Waals surface area contributed by atoms with Crippen LogP contribution >= 0.6 is 0 Å². The predicted molar refractivity (Wildman–Crippen MR) is 31.3 cm³/mol. The summed E-state index contributed by atoms with van der Waals surface area (Å²) in [4.78, 5) is 0. The lowest BCUT2D eigenvalue weighted by molar-refractivity contribution is 0.162. The van der Waals surface area contributed by atoms with Gasteiger partial charge in [-0.2, -0.15) is 0 Å². The van der Waals surface area contributed by atoms with Crippen molar-refractivity contribution in [3.63, 3.8) is 0 Å². The van der Waals surface area contributed by atoms with Gasteiger partial charge in [0.05, 0.1) is 6.10 Å². The molecule has 0 aromatic heterocycles. The summed E-state index contributed by atoms with van der Waals surface area (Å²) >= 11 is 0. The fourth-order valence-corrected chi connectivity index (χ4v) is 0.945. The minimum absolute atomic E-state index is 0.109. The van der Waals surface area contributed by atoms with Crippen molar-refractivity contribution in [1.82, 2.24) is 10.4 Å². The molecule has 0 amide bonds. The van der Waals surface area contributed by atoms with Gasteiger partial charge in [-0.25, -0.2) is 5.01 Å². The lowest BCUT2D eigenvalue weighted by Crippen LogP contribution is -2.33. The van der Waals surface area contributed by atoms with Gasteiger partial charge in [-0.05, 0) is 13.5 Å². The third kappa shape index (κ3) is 1.18. The maximum atomic E-state index is 8.95. The number of hydrogen-bond acceptors (Lipinski definition) is 3. The molecule has 0 unspecified atom stereocenters. The van der Waals surface area contributed by atoms with Gasteiger partial charge in [0.15, 0.2) is 0 Å². The van der Waals surface area contributed by atoms with E-state index in [1.807, 2.05) is 12.1 Å². The standard InChI is InChI=1S/C5H12N2O/c1-6-7-3-2-5(8)4-7/h5-6,8H,2-4H2,1H3/t5-/m1/s1. The summed E-state index contributed by atoms with van der Waals surface area (Å²) < 4.78 is 0. The van der Waals surface area contributed by atoms with Crippen LogP contribution < -0.4 is 5.43 Å². The highest BCUT2D eigenvalue weighted by Gasteiger charge is 2.17. The van der Waals surface area contributed by atoms with Gasteiger partial charge in [-0.3, -0.25) is 5.43 Å². The van der Waals surface area contributed by atoms with Crippen LogP contribution in [0.1, 0.15) is 6.42 Å². The summed E-state index contributed by atoms with van der Waals surface area (Å²) in [6, 6.07) is 0. The van der Waals surface area contributed by atoms with Gasteiger partial charge >= 0.3 is 0 Å². The average Bonchev–Trinajstić information content (AvgIpc) is 2.14. The largest absolute Gasteiger partial charge is 0.392 e. The van der Waals surface area contributed by atoms with Crippen LogP contribution in [0.2, 0.25) is 0 Å². The first-order valence-electron chi connectivity index (χ1n) is 2.93. The molecular weight excluding hydrogens is 104 g/mol. The molecule has 1 saturated heterocycles. The molecule has 0 bridgehead atoms. The average molecular weight is 116 g/mol. The van der Waals surface area contributed by atoms with Crippen molar-refractivity contribution in [3.05, 3.63) is 0 Å². The Bertz CT molecular complexity index is 76.8. The minimum atomic E-state index is -0.109. The Balaban J connectivity index is 2.22. The van der Waals surface area contributed by atoms with E-state index in [0.717, 1.165) is 19.5 Å². The Morgan fingerprint density at radius 3 is 2.75 bits per heavy atom. The molecule has 1 rings (SSSR count). The number of aliphatic hydroxyl groups excluding tert-OH is 1. The maximum Gasteiger partial charge on any atom is 0.0693 e. The molecule has 48 valence electrons. The lowest BCUT2D eigenvalue weighted by Gasteiger charge is -2.10. The fraction of sp³-hybridized carbons (Fsp3) is 1.00. The second-order valence-electron chi connectivity index (χ2n) is 2.11. The Morgan fingerprint density at radius 2 is 2.50 bits per heavy atom. The van der Waals surface area contributed by atoms with Crippen molar-refractivity contribution in [2.75, 3.05) is 20.1 Å². The maximum absolute atomic E-state index is 8.95. The normalized spacial score (nSPS) is 31.5. The molecule has 3 nitrogen and oxygen atoms in total. The topological polar surface area (TPSA) is 35.5 Å². The van der Waals surface area contributed by atoms with Crippen molar-refractivity contribution >= 4 is 0 Å². The van der Waals surface area contributed by atoms with Gasteiger partial charge in [0.2, 0.25) is 0 Å². The van der Waals surface area contributed by atoms with Crippen LogP contribution in [0.15, 0.2) is 0 Å². The predicted octanol–water partition coefficient (Wildman–Crippen LogP) is -0.813. The van der Waals surface area contributed by atoms with Gasteiger partial charge in [0, 0.05) is 13.1 Å². The highest BCUT2D eigenvalue weighted by molar-refractivity contribution is 4.69. The van der Waals surface area contributed by atoms with E-state index in [1.165, 1.54) is 0 Å². The van der Waals surface area contributed by atoms with Crippen molar-refractivity contribution in [3.8, 4) is 0 Å². The molecule has 2 N–H and O–H groups in total. The number of nitrogens with one attached hydrogen (secondary N) is 1. The Hall–Kier alpha value is -0.120. The second kappa shape index (κ2) is 2.44. The quantitative estimate of drug-likeness (QED) is 0.470. The molecule has 8 heavy (non-hydrogen) atoms. The van der Waals surface area contributed by atoms with E-state index in [0.29, 0.717) is 0 Å². The molecule has 3 heteroatoms. The molecule has 1 fully saturated rings. The number of β-amino-alcohol motifs (C(OH)–C–C–N with tert-alkyl or cyclic N) is 1.